The second-order valence-electron chi connectivity index (χ2n) is 11.4. The average Bonchev–Trinajstić information content (AvgIpc) is 3.62. The van der Waals surface area contributed by atoms with E-state index in [1.165, 1.54) is 16.5 Å². The fourth-order valence-electron chi connectivity index (χ4n) is 4.97. The number of fused-ring (bicyclic) bond motifs is 5. The van der Waals surface area contributed by atoms with Crippen LogP contribution in [0.15, 0.2) is 95.0 Å². The van der Waals surface area contributed by atoms with E-state index in [0.717, 1.165) is 49.7 Å². The summed E-state index contributed by atoms with van der Waals surface area (Å²) in [7, 11) is 0. The first kappa shape index (κ1) is 26.0. The summed E-state index contributed by atoms with van der Waals surface area (Å²) in [5.74, 6) is 0. The van der Waals surface area contributed by atoms with Crippen molar-refractivity contribution in [3.63, 3.8) is 0 Å². The van der Waals surface area contributed by atoms with Crippen LogP contribution in [0.4, 0.5) is 0 Å². The fourth-order valence-corrected chi connectivity index (χ4v) is 5.75. The van der Waals surface area contributed by atoms with Crippen molar-refractivity contribution in [1.82, 2.24) is 9.97 Å². The van der Waals surface area contributed by atoms with Crippen molar-refractivity contribution in [2.45, 2.75) is 41.0 Å². The maximum Gasteiger partial charge on any atom is 0.129 e. The summed E-state index contributed by atoms with van der Waals surface area (Å²) in [5, 5.41) is 5.24. The molecule has 7 aromatic rings. The summed E-state index contributed by atoms with van der Waals surface area (Å²) in [4.78, 5) is 8.85. The second kappa shape index (κ2) is 12.3. The van der Waals surface area contributed by atoms with Crippen LogP contribution in [-0.4, -0.2) is 9.97 Å². The van der Waals surface area contributed by atoms with E-state index in [4.69, 9.17) is 8.53 Å². The normalized spacial score (nSPS) is 12.7. The van der Waals surface area contributed by atoms with Crippen LogP contribution in [0, 0.1) is 31.3 Å². The molecule has 42 heavy (non-hydrogen) atoms. The Morgan fingerprint density at radius 2 is 1.69 bits per heavy atom. The summed E-state index contributed by atoms with van der Waals surface area (Å²) in [6.45, 7) is 6.15. The number of rotatable bonds is 3. The third kappa shape index (κ3) is 6.24. The van der Waals surface area contributed by atoms with Crippen LogP contribution in [0.5, 0.6) is 0 Å². The molecule has 0 saturated heterocycles. The second-order valence-corrected chi connectivity index (χ2v) is 12.4. The molecule has 213 valence electrons. The van der Waals surface area contributed by atoms with Gasteiger partial charge in [-0.2, -0.15) is 0 Å². The standard InChI is InChI=1S/C25H22NOS.C12H10N.Ir/c1-15-14-26-21(12-16(15)13-25(2,3)4)19-7-5-6-17-18-8-9-22-20(10-11-28-22)24(18)27-23(17)19;1-10-7-8-12(13-9-10)11-5-3-2-4-6-11;/h5-6,8-12,14H,13H2,1-4H3;2-5,7-9H,1H3;/q2*-1;/i1D3;;. The average molecular weight is 748 g/mol. The van der Waals surface area contributed by atoms with Gasteiger partial charge in [-0.1, -0.05) is 61.5 Å². The summed E-state index contributed by atoms with van der Waals surface area (Å²) in [6, 6.07) is 30.4. The van der Waals surface area contributed by atoms with Gasteiger partial charge in [0.1, 0.15) is 5.58 Å². The molecule has 0 aliphatic carbocycles. The molecule has 4 aromatic heterocycles. The zero-order valence-electron chi connectivity index (χ0n) is 26.9. The maximum atomic E-state index is 7.93. The van der Waals surface area contributed by atoms with Gasteiger partial charge in [0.05, 0.1) is 5.58 Å². The largest absolute Gasteiger partial charge is 0.500 e. The SMILES string of the molecule is Cc1ccc(-c2[c-]cccc2)nc1.[2H]C([2H])([2H])c1cnc(-c2[c-]ccc3c2oc2c4ccsc4ccc32)cc1CC(C)(C)C.[Ir]. The molecule has 5 heteroatoms. The Morgan fingerprint density at radius 3 is 2.43 bits per heavy atom. The van der Waals surface area contributed by atoms with E-state index >= 15 is 0 Å². The quantitative estimate of drug-likeness (QED) is 0.169. The van der Waals surface area contributed by atoms with E-state index in [1.54, 1.807) is 11.3 Å². The van der Waals surface area contributed by atoms with Crippen molar-refractivity contribution < 1.29 is 28.6 Å². The number of thiophene rings is 1. The van der Waals surface area contributed by atoms with Crippen molar-refractivity contribution in [1.29, 1.82) is 0 Å². The van der Waals surface area contributed by atoms with Crippen molar-refractivity contribution in [2.24, 2.45) is 5.41 Å². The summed E-state index contributed by atoms with van der Waals surface area (Å²) < 4.78 is 31.3. The number of furan rings is 1. The molecule has 0 unspecified atom stereocenters. The van der Waals surface area contributed by atoms with Gasteiger partial charge in [-0.05, 0) is 65.6 Å². The molecule has 7 rings (SSSR count). The van der Waals surface area contributed by atoms with Crippen LogP contribution in [0.1, 0.15) is 41.6 Å². The Morgan fingerprint density at radius 1 is 0.857 bits per heavy atom. The molecule has 0 amide bonds. The summed E-state index contributed by atoms with van der Waals surface area (Å²) >= 11 is 1.69. The number of aromatic nitrogens is 2. The van der Waals surface area contributed by atoms with Gasteiger partial charge in [0, 0.05) is 52.1 Å². The molecule has 0 bridgehead atoms. The molecular weight excluding hydrogens is 713 g/mol. The van der Waals surface area contributed by atoms with Gasteiger partial charge in [0.25, 0.3) is 0 Å². The first-order valence-electron chi connectivity index (χ1n) is 15.1. The van der Waals surface area contributed by atoms with Crippen LogP contribution in [0.3, 0.4) is 0 Å². The maximum absolute atomic E-state index is 7.93. The fraction of sp³-hybridized carbons (Fsp3) is 0.189. The predicted octanol–water partition coefficient (Wildman–Crippen LogP) is 10.4. The van der Waals surface area contributed by atoms with Gasteiger partial charge in [-0.25, -0.2) is 0 Å². The van der Waals surface area contributed by atoms with Gasteiger partial charge in [0.15, 0.2) is 0 Å². The van der Waals surface area contributed by atoms with Gasteiger partial charge < -0.3 is 14.4 Å². The van der Waals surface area contributed by atoms with E-state index < -0.39 is 6.85 Å². The zero-order chi connectivity index (χ0) is 31.1. The molecule has 0 spiro atoms. The Labute approximate surface area is 269 Å². The molecule has 0 fully saturated rings. The molecule has 0 saturated carbocycles. The number of hydrogen-bond acceptors (Lipinski definition) is 4. The molecule has 3 aromatic carbocycles. The number of pyridine rings is 2. The number of hydrogen-bond donors (Lipinski definition) is 0. The van der Waals surface area contributed by atoms with E-state index in [1.807, 2.05) is 61.7 Å². The third-order valence-electron chi connectivity index (χ3n) is 6.89. The number of aryl methyl sites for hydroxylation is 2. The van der Waals surface area contributed by atoms with E-state index in [9.17, 15) is 0 Å². The first-order valence-corrected chi connectivity index (χ1v) is 14.5. The van der Waals surface area contributed by atoms with Gasteiger partial charge in [-0.3, -0.25) is 0 Å². The Kier molecular flexibility index (Phi) is 7.63. The van der Waals surface area contributed by atoms with Gasteiger partial charge in [0.2, 0.25) is 0 Å². The predicted molar refractivity (Wildman–Crippen MR) is 172 cm³/mol. The Hall–Kier alpha value is -3.63. The van der Waals surface area contributed by atoms with E-state index in [0.29, 0.717) is 17.7 Å². The van der Waals surface area contributed by atoms with E-state index in [2.05, 4.69) is 72.5 Å². The zero-order valence-corrected chi connectivity index (χ0v) is 27.1. The summed E-state index contributed by atoms with van der Waals surface area (Å²) in [6.07, 6.45) is 4.01. The van der Waals surface area contributed by atoms with E-state index in [-0.39, 0.29) is 25.5 Å². The minimum absolute atomic E-state index is 0. The van der Waals surface area contributed by atoms with Crippen molar-refractivity contribution in [3.8, 4) is 22.5 Å². The molecule has 3 nitrogen and oxygen atoms in total. The number of benzene rings is 3. The molecule has 0 atom stereocenters. The molecule has 1 radical (unpaired) electrons. The monoisotopic (exact) mass is 748 g/mol. The molecular formula is C37H32IrN2OS-2. The van der Waals surface area contributed by atoms with Crippen LogP contribution >= 0.6 is 11.3 Å². The Bertz CT molecular complexity index is 2080. The van der Waals surface area contributed by atoms with Gasteiger partial charge >= 0.3 is 0 Å². The molecule has 0 N–H and O–H groups in total. The third-order valence-corrected chi connectivity index (χ3v) is 7.77. The Balaban J connectivity index is 0.000000240. The van der Waals surface area contributed by atoms with Gasteiger partial charge in [-0.15, -0.1) is 65.4 Å². The van der Waals surface area contributed by atoms with Crippen LogP contribution in [-0.2, 0) is 26.5 Å². The molecule has 0 aliphatic heterocycles. The van der Waals surface area contributed by atoms with Crippen LogP contribution in [0.2, 0.25) is 0 Å². The number of nitrogens with zero attached hydrogens (tertiary/aromatic N) is 2. The summed E-state index contributed by atoms with van der Waals surface area (Å²) in [5.41, 5.74) is 7.27. The first-order chi connectivity index (χ1) is 21.0. The van der Waals surface area contributed by atoms with Crippen molar-refractivity contribution in [2.75, 3.05) is 0 Å². The van der Waals surface area contributed by atoms with Crippen molar-refractivity contribution in [3.05, 3.63) is 119 Å². The molecule has 4 heterocycles. The minimum Gasteiger partial charge on any atom is -0.500 e. The van der Waals surface area contributed by atoms with Crippen LogP contribution in [0.25, 0.3) is 54.5 Å². The smallest absolute Gasteiger partial charge is 0.129 e. The van der Waals surface area contributed by atoms with Crippen LogP contribution < -0.4 is 0 Å². The topological polar surface area (TPSA) is 38.9 Å². The van der Waals surface area contributed by atoms with Crippen molar-refractivity contribution >= 4 is 43.4 Å². The molecule has 0 aliphatic rings. The minimum atomic E-state index is -2.20.